The molecule has 0 unspecified atom stereocenters. The number of Topliss-reactive ketones (excluding diaryl/α,β-unsaturated/α-hetero) is 1. The average molecular weight is 324 g/mol. The van der Waals surface area contributed by atoms with Crippen molar-refractivity contribution < 1.29 is 18.7 Å². The predicted octanol–water partition coefficient (Wildman–Crippen LogP) is 3.24. The average Bonchev–Trinajstić information content (AvgIpc) is 2.61. The Kier molecular flexibility index (Phi) is 4.33. The van der Waals surface area contributed by atoms with E-state index < -0.39 is 5.63 Å². The van der Waals surface area contributed by atoms with Gasteiger partial charge in [0.2, 0.25) is 0 Å². The summed E-state index contributed by atoms with van der Waals surface area (Å²) in [4.78, 5) is 24.7. The number of methoxy groups -OCH3 is 2. The van der Waals surface area contributed by atoms with Crippen molar-refractivity contribution >= 4 is 16.8 Å². The van der Waals surface area contributed by atoms with E-state index in [-0.39, 0.29) is 12.2 Å². The predicted molar refractivity (Wildman–Crippen MR) is 90.1 cm³/mol. The number of hydrogen-bond acceptors (Lipinski definition) is 5. The largest absolute Gasteiger partial charge is 0.497 e. The second-order valence-corrected chi connectivity index (χ2v) is 5.26. The summed E-state index contributed by atoms with van der Waals surface area (Å²) >= 11 is 0. The van der Waals surface area contributed by atoms with Crippen molar-refractivity contribution in [3.8, 4) is 11.5 Å². The lowest BCUT2D eigenvalue weighted by atomic mass is 10.0. The Morgan fingerprint density at radius 3 is 2.58 bits per heavy atom. The number of ketones is 1. The van der Waals surface area contributed by atoms with Gasteiger partial charge in [-0.15, -0.1) is 0 Å². The third-order valence-corrected chi connectivity index (χ3v) is 3.77. The minimum atomic E-state index is -0.505. The summed E-state index contributed by atoms with van der Waals surface area (Å²) in [6, 6.07) is 13.8. The SMILES string of the molecule is COc1ccc(C(=O)Cc2cc3ccccc3oc2=O)c(OC)c1. The Labute approximate surface area is 138 Å². The highest BCUT2D eigenvalue weighted by Crippen LogP contribution is 2.26. The van der Waals surface area contributed by atoms with Gasteiger partial charge in [-0.2, -0.15) is 0 Å². The van der Waals surface area contributed by atoms with Crippen LogP contribution in [0.3, 0.4) is 0 Å². The summed E-state index contributed by atoms with van der Waals surface area (Å²) in [6.07, 6.45) is -0.0597. The Bertz CT molecular complexity index is 955. The number of carbonyl (C=O) groups is 1. The number of ether oxygens (including phenoxy) is 2. The molecule has 1 heterocycles. The first-order chi connectivity index (χ1) is 11.6. The minimum Gasteiger partial charge on any atom is -0.497 e. The maximum Gasteiger partial charge on any atom is 0.339 e. The monoisotopic (exact) mass is 324 g/mol. The van der Waals surface area contributed by atoms with E-state index in [9.17, 15) is 9.59 Å². The van der Waals surface area contributed by atoms with Gasteiger partial charge in [-0.3, -0.25) is 4.79 Å². The summed E-state index contributed by atoms with van der Waals surface area (Å²) in [5, 5.41) is 0.779. The van der Waals surface area contributed by atoms with Crippen LogP contribution in [0.1, 0.15) is 15.9 Å². The second-order valence-electron chi connectivity index (χ2n) is 5.26. The number of rotatable bonds is 5. The van der Waals surface area contributed by atoms with Gasteiger partial charge in [-0.05, 0) is 24.3 Å². The van der Waals surface area contributed by atoms with Gasteiger partial charge in [0.1, 0.15) is 17.1 Å². The highest BCUT2D eigenvalue weighted by Gasteiger charge is 2.16. The quantitative estimate of drug-likeness (QED) is 0.532. The fourth-order valence-electron chi connectivity index (χ4n) is 2.53. The molecule has 0 saturated heterocycles. The van der Waals surface area contributed by atoms with Crippen molar-refractivity contribution in [1.29, 1.82) is 0 Å². The first-order valence-corrected chi connectivity index (χ1v) is 7.39. The summed E-state index contributed by atoms with van der Waals surface area (Å²) in [6.45, 7) is 0. The third-order valence-electron chi connectivity index (χ3n) is 3.77. The highest BCUT2D eigenvalue weighted by molar-refractivity contribution is 6.00. The molecule has 0 aliphatic carbocycles. The number of benzene rings is 2. The molecule has 0 bridgehead atoms. The summed E-state index contributed by atoms with van der Waals surface area (Å²) in [7, 11) is 3.02. The van der Waals surface area contributed by atoms with Crippen molar-refractivity contribution in [3.63, 3.8) is 0 Å². The number of carbonyl (C=O) groups excluding carboxylic acids is 1. The van der Waals surface area contributed by atoms with Gasteiger partial charge in [0.25, 0.3) is 0 Å². The molecule has 0 atom stereocenters. The van der Waals surface area contributed by atoms with Crippen molar-refractivity contribution in [1.82, 2.24) is 0 Å². The van der Waals surface area contributed by atoms with Crippen LogP contribution in [0.25, 0.3) is 11.0 Å². The van der Waals surface area contributed by atoms with E-state index >= 15 is 0 Å². The fourth-order valence-corrected chi connectivity index (χ4v) is 2.53. The molecule has 0 N–H and O–H groups in total. The van der Waals surface area contributed by atoms with E-state index in [2.05, 4.69) is 0 Å². The van der Waals surface area contributed by atoms with E-state index in [0.29, 0.717) is 28.2 Å². The van der Waals surface area contributed by atoms with E-state index in [1.807, 2.05) is 12.1 Å². The number of hydrogen-bond donors (Lipinski definition) is 0. The van der Waals surface area contributed by atoms with E-state index in [4.69, 9.17) is 13.9 Å². The fraction of sp³-hybridized carbons (Fsp3) is 0.158. The smallest absolute Gasteiger partial charge is 0.339 e. The van der Waals surface area contributed by atoms with E-state index in [1.54, 1.807) is 36.4 Å². The Hall–Kier alpha value is -3.08. The van der Waals surface area contributed by atoms with Crippen LogP contribution >= 0.6 is 0 Å². The first kappa shape index (κ1) is 15.8. The Balaban J connectivity index is 1.95. The normalized spacial score (nSPS) is 10.6. The molecule has 122 valence electrons. The topological polar surface area (TPSA) is 65.7 Å². The van der Waals surface area contributed by atoms with Crippen LogP contribution in [0, 0.1) is 0 Å². The lowest BCUT2D eigenvalue weighted by Crippen LogP contribution is -2.14. The van der Waals surface area contributed by atoms with Gasteiger partial charge in [-0.1, -0.05) is 18.2 Å². The number of fused-ring (bicyclic) bond motifs is 1. The minimum absolute atomic E-state index is 0.0597. The molecule has 3 rings (SSSR count). The first-order valence-electron chi connectivity index (χ1n) is 7.39. The van der Waals surface area contributed by atoms with E-state index in [1.165, 1.54) is 14.2 Å². The van der Waals surface area contributed by atoms with Crippen LogP contribution in [-0.4, -0.2) is 20.0 Å². The van der Waals surface area contributed by atoms with Crippen molar-refractivity contribution in [3.05, 3.63) is 70.1 Å². The van der Waals surface area contributed by atoms with Crippen LogP contribution < -0.4 is 15.1 Å². The van der Waals surface area contributed by atoms with Gasteiger partial charge in [0.15, 0.2) is 5.78 Å². The molecular weight excluding hydrogens is 308 g/mol. The van der Waals surface area contributed by atoms with Gasteiger partial charge >= 0.3 is 5.63 Å². The van der Waals surface area contributed by atoms with Gasteiger partial charge < -0.3 is 13.9 Å². The summed E-state index contributed by atoms with van der Waals surface area (Å²) in [5.41, 5.74) is 0.706. The maximum absolute atomic E-state index is 12.6. The van der Waals surface area contributed by atoms with Crippen LogP contribution in [0.2, 0.25) is 0 Å². The molecule has 0 amide bonds. The second kappa shape index (κ2) is 6.58. The molecule has 5 heteroatoms. The van der Waals surface area contributed by atoms with Gasteiger partial charge in [0, 0.05) is 23.4 Å². The van der Waals surface area contributed by atoms with Crippen molar-refractivity contribution in [2.75, 3.05) is 14.2 Å². The van der Waals surface area contributed by atoms with Crippen LogP contribution in [0.15, 0.2) is 57.7 Å². The van der Waals surface area contributed by atoms with Crippen LogP contribution in [0.5, 0.6) is 11.5 Å². The Morgan fingerprint density at radius 1 is 1.04 bits per heavy atom. The van der Waals surface area contributed by atoms with Crippen LogP contribution in [0.4, 0.5) is 0 Å². The van der Waals surface area contributed by atoms with Crippen LogP contribution in [-0.2, 0) is 6.42 Å². The van der Waals surface area contributed by atoms with Gasteiger partial charge in [-0.25, -0.2) is 4.79 Å². The third kappa shape index (κ3) is 3.01. The molecule has 2 aromatic carbocycles. The molecule has 24 heavy (non-hydrogen) atoms. The zero-order valence-electron chi connectivity index (χ0n) is 13.4. The molecule has 0 fully saturated rings. The lowest BCUT2D eigenvalue weighted by molar-refractivity contribution is 0.0989. The molecule has 0 spiro atoms. The molecular formula is C19H16O5. The summed E-state index contributed by atoms with van der Waals surface area (Å²) in [5.74, 6) is 0.773. The highest BCUT2D eigenvalue weighted by atomic mass is 16.5. The molecule has 3 aromatic rings. The molecule has 0 aliphatic heterocycles. The van der Waals surface area contributed by atoms with E-state index in [0.717, 1.165) is 5.39 Å². The lowest BCUT2D eigenvalue weighted by Gasteiger charge is -2.09. The zero-order valence-corrected chi connectivity index (χ0v) is 13.4. The maximum atomic E-state index is 12.6. The molecule has 5 nitrogen and oxygen atoms in total. The molecule has 1 aromatic heterocycles. The zero-order chi connectivity index (χ0) is 17.1. The van der Waals surface area contributed by atoms with Crippen molar-refractivity contribution in [2.24, 2.45) is 0 Å². The molecule has 0 radical (unpaired) electrons. The standard InChI is InChI=1S/C19H16O5/c1-22-14-7-8-15(18(11-14)23-2)16(20)10-13-9-12-5-3-4-6-17(12)24-19(13)21/h3-9,11H,10H2,1-2H3. The Morgan fingerprint density at radius 2 is 1.83 bits per heavy atom. The number of para-hydroxylation sites is 1. The molecule has 0 saturated carbocycles. The van der Waals surface area contributed by atoms with Gasteiger partial charge in [0.05, 0.1) is 19.8 Å². The van der Waals surface area contributed by atoms with Crippen molar-refractivity contribution in [2.45, 2.75) is 6.42 Å². The molecule has 0 aliphatic rings. The summed E-state index contributed by atoms with van der Waals surface area (Å²) < 4.78 is 15.6.